The third-order valence-electron chi connectivity index (χ3n) is 7.14. The SMILES string of the molecule is C[C@@H](NC(=O)c1cc(O)cc2c1[C@H]1C[C@H]3NCCC[C@H]3C(=O)N1CC2)c1ccccc1. The molecule has 0 spiro atoms. The highest BCUT2D eigenvalue weighted by molar-refractivity contribution is 5.97. The molecule has 162 valence electrons. The second-order valence-corrected chi connectivity index (χ2v) is 9.01. The average molecular weight is 420 g/mol. The number of hydrogen-bond acceptors (Lipinski definition) is 4. The molecule has 0 saturated carbocycles. The molecule has 0 aromatic heterocycles. The molecule has 2 saturated heterocycles. The molecule has 3 aliphatic heterocycles. The van der Waals surface area contributed by atoms with Crippen LogP contribution >= 0.6 is 0 Å². The summed E-state index contributed by atoms with van der Waals surface area (Å²) in [6.07, 6.45) is 3.43. The van der Waals surface area contributed by atoms with Gasteiger partial charge in [0.15, 0.2) is 0 Å². The van der Waals surface area contributed by atoms with Gasteiger partial charge in [-0.3, -0.25) is 9.59 Å². The van der Waals surface area contributed by atoms with Crippen LogP contribution in [0, 0.1) is 5.92 Å². The summed E-state index contributed by atoms with van der Waals surface area (Å²) in [5.41, 5.74) is 3.38. The Labute approximate surface area is 182 Å². The van der Waals surface area contributed by atoms with Crippen molar-refractivity contribution in [1.82, 2.24) is 15.5 Å². The Kier molecular flexibility index (Phi) is 5.18. The highest BCUT2D eigenvalue weighted by Crippen LogP contribution is 2.43. The molecule has 2 fully saturated rings. The minimum absolute atomic E-state index is 0.0408. The van der Waals surface area contributed by atoms with Crippen LogP contribution in [0.15, 0.2) is 42.5 Å². The smallest absolute Gasteiger partial charge is 0.252 e. The second-order valence-electron chi connectivity index (χ2n) is 9.01. The second kappa shape index (κ2) is 8.00. The summed E-state index contributed by atoms with van der Waals surface area (Å²) in [4.78, 5) is 28.6. The van der Waals surface area contributed by atoms with Crippen LogP contribution in [0.1, 0.15) is 65.3 Å². The molecular formula is C25H29N3O3. The van der Waals surface area contributed by atoms with Crippen LogP contribution in [-0.2, 0) is 11.2 Å². The molecule has 6 nitrogen and oxygen atoms in total. The van der Waals surface area contributed by atoms with E-state index in [0.29, 0.717) is 18.5 Å². The number of carbonyl (C=O) groups excluding carboxylic acids is 2. The largest absolute Gasteiger partial charge is 0.508 e. The van der Waals surface area contributed by atoms with Gasteiger partial charge in [0.2, 0.25) is 5.91 Å². The number of amides is 2. The molecule has 4 atom stereocenters. The fourth-order valence-electron chi connectivity index (χ4n) is 5.60. The maximum atomic E-state index is 13.4. The van der Waals surface area contributed by atoms with Crippen molar-refractivity contribution >= 4 is 11.8 Å². The van der Waals surface area contributed by atoms with E-state index in [-0.39, 0.29) is 41.6 Å². The molecule has 2 aromatic rings. The number of benzene rings is 2. The maximum Gasteiger partial charge on any atom is 0.252 e. The van der Waals surface area contributed by atoms with Gasteiger partial charge in [-0.2, -0.15) is 0 Å². The third kappa shape index (κ3) is 3.59. The zero-order chi connectivity index (χ0) is 21.5. The van der Waals surface area contributed by atoms with E-state index < -0.39 is 0 Å². The number of carbonyl (C=O) groups is 2. The number of aromatic hydroxyl groups is 1. The molecular weight excluding hydrogens is 390 g/mol. The first-order valence-electron chi connectivity index (χ1n) is 11.3. The lowest BCUT2D eigenvalue weighted by Gasteiger charge is -2.48. The van der Waals surface area contributed by atoms with Crippen molar-refractivity contribution in [3.8, 4) is 5.75 Å². The molecule has 3 heterocycles. The van der Waals surface area contributed by atoms with E-state index in [2.05, 4.69) is 10.6 Å². The average Bonchev–Trinajstić information content (AvgIpc) is 2.79. The van der Waals surface area contributed by atoms with Crippen LogP contribution in [0.5, 0.6) is 5.75 Å². The van der Waals surface area contributed by atoms with E-state index >= 15 is 0 Å². The Morgan fingerprint density at radius 2 is 2.06 bits per heavy atom. The number of phenols is 1. The lowest BCUT2D eigenvalue weighted by atomic mass is 9.75. The Hall–Kier alpha value is -2.86. The lowest BCUT2D eigenvalue weighted by Crippen LogP contribution is -2.58. The van der Waals surface area contributed by atoms with Crippen LogP contribution in [0.2, 0.25) is 0 Å². The zero-order valence-corrected chi connectivity index (χ0v) is 17.8. The van der Waals surface area contributed by atoms with Crippen LogP contribution in [0.25, 0.3) is 0 Å². The number of hydrogen-bond donors (Lipinski definition) is 3. The van der Waals surface area contributed by atoms with Crippen LogP contribution in [-0.4, -0.2) is 41.0 Å². The minimum atomic E-state index is -0.212. The van der Waals surface area contributed by atoms with Gasteiger partial charge in [-0.05, 0) is 68.0 Å². The molecule has 3 N–H and O–H groups in total. The Morgan fingerprint density at radius 3 is 2.87 bits per heavy atom. The number of phenolic OH excluding ortho intramolecular Hbond substituents is 1. The monoisotopic (exact) mass is 419 g/mol. The Bertz CT molecular complexity index is 1010. The van der Waals surface area contributed by atoms with Crippen molar-refractivity contribution < 1.29 is 14.7 Å². The molecule has 0 bridgehead atoms. The first-order chi connectivity index (χ1) is 15.0. The summed E-state index contributed by atoms with van der Waals surface area (Å²) < 4.78 is 0. The van der Waals surface area contributed by atoms with Crippen LogP contribution in [0.3, 0.4) is 0 Å². The van der Waals surface area contributed by atoms with E-state index in [4.69, 9.17) is 0 Å². The summed E-state index contributed by atoms with van der Waals surface area (Å²) in [6.45, 7) is 3.53. The summed E-state index contributed by atoms with van der Waals surface area (Å²) in [5, 5.41) is 16.9. The number of nitrogens with zero attached hydrogens (tertiary/aromatic N) is 1. The van der Waals surface area contributed by atoms with Gasteiger partial charge in [0.25, 0.3) is 5.91 Å². The molecule has 6 heteroatoms. The van der Waals surface area contributed by atoms with Gasteiger partial charge in [-0.1, -0.05) is 30.3 Å². The normalized spacial score (nSPS) is 25.8. The summed E-state index contributed by atoms with van der Waals surface area (Å²) in [6, 6.07) is 13.0. The first-order valence-corrected chi connectivity index (χ1v) is 11.3. The highest BCUT2D eigenvalue weighted by atomic mass is 16.3. The molecule has 3 aliphatic rings. The highest BCUT2D eigenvalue weighted by Gasteiger charge is 2.46. The lowest BCUT2D eigenvalue weighted by molar-refractivity contribution is -0.145. The number of piperidine rings is 2. The molecule has 2 amide bonds. The number of rotatable bonds is 3. The van der Waals surface area contributed by atoms with Gasteiger partial charge in [0, 0.05) is 18.2 Å². The minimum Gasteiger partial charge on any atom is -0.508 e. The molecule has 0 radical (unpaired) electrons. The summed E-state index contributed by atoms with van der Waals surface area (Å²) >= 11 is 0. The van der Waals surface area contributed by atoms with E-state index in [1.165, 1.54) is 0 Å². The summed E-state index contributed by atoms with van der Waals surface area (Å²) in [7, 11) is 0. The van der Waals surface area contributed by atoms with Crippen LogP contribution in [0.4, 0.5) is 0 Å². The van der Waals surface area contributed by atoms with Gasteiger partial charge >= 0.3 is 0 Å². The standard InChI is InChI=1S/C25H29N3O3/c1-15(16-6-3-2-4-7-16)27-24(30)20-13-18(29)12-17-9-11-28-22(23(17)20)14-21-19(25(28)31)8-5-10-26-21/h2-4,6-7,12-13,15,19,21-22,26,29H,5,8-11,14H2,1H3,(H,27,30)/t15-,19-,21-,22-/m1/s1. The van der Waals surface area contributed by atoms with Crippen molar-refractivity contribution in [2.45, 2.75) is 50.7 Å². The van der Waals surface area contributed by atoms with Crippen molar-refractivity contribution in [1.29, 1.82) is 0 Å². The van der Waals surface area contributed by atoms with Crippen molar-refractivity contribution in [3.05, 3.63) is 64.7 Å². The topological polar surface area (TPSA) is 81.7 Å². The molecule has 31 heavy (non-hydrogen) atoms. The fourth-order valence-corrected chi connectivity index (χ4v) is 5.60. The molecule has 0 unspecified atom stereocenters. The summed E-state index contributed by atoms with van der Waals surface area (Å²) in [5.74, 6) is 0.132. The van der Waals surface area contributed by atoms with Gasteiger partial charge in [0.05, 0.1) is 18.0 Å². The van der Waals surface area contributed by atoms with Gasteiger partial charge in [-0.25, -0.2) is 0 Å². The predicted molar refractivity (Wildman–Crippen MR) is 118 cm³/mol. The third-order valence-corrected chi connectivity index (χ3v) is 7.14. The quantitative estimate of drug-likeness (QED) is 0.714. The molecule has 2 aromatic carbocycles. The van der Waals surface area contributed by atoms with E-state index in [1.807, 2.05) is 42.2 Å². The Balaban J connectivity index is 1.49. The molecule has 0 aliphatic carbocycles. The van der Waals surface area contributed by atoms with E-state index in [0.717, 1.165) is 42.5 Å². The fraction of sp³-hybridized carbons (Fsp3) is 0.440. The van der Waals surface area contributed by atoms with Crippen molar-refractivity contribution in [3.63, 3.8) is 0 Å². The Morgan fingerprint density at radius 1 is 1.26 bits per heavy atom. The number of fused-ring (bicyclic) bond motifs is 4. The first kappa shape index (κ1) is 20.1. The number of nitrogens with one attached hydrogen (secondary N) is 2. The molecule has 5 rings (SSSR count). The zero-order valence-electron chi connectivity index (χ0n) is 17.8. The maximum absolute atomic E-state index is 13.4. The van der Waals surface area contributed by atoms with E-state index in [9.17, 15) is 14.7 Å². The van der Waals surface area contributed by atoms with Crippen molar-refractivity contribution in [2.24, 2.45) is 5.92 Å². The van der Waals surface area contributed by atoms with Gasteiger partial charge < -0.3 is 20.6 Å². The van der Waals surface area contributed by atoms with E-state index in [1.54, 1.807) is 12.1 Å². The van der Waals surface area contributed by atoms with Gasteiger partial charge in [-0.15, -0.1) is 0 Å². The van der Waals surface area contributed by atoms with Crippen molar-refractivity contribution in [2.75, 3.05) is 13.1 Å². The van der Waals surface area contributed by atoms with Gasteiger partial charge in [0.1, 0.15) is 5.75 Å². The van der Waals surface area contributed by atoms with Crippen LogP contribution < -0.4 is 10.6 Å². The predicted octanol–water partition coefficient (Wildman–Crippen LogP) is 3.08.